The summed E-state index contributed by atoms with van der Waals surface area (Å²) >= 11 is 0. The van der Waals surface area contributed by atoms with Gasteiger partial charge in [-0.25, -0.2) is 4.98 Å². The number of carbonyl (C=O) groups is 1. The number of carbonyl (C=O) groups excluding carboxylic acids is 1. The van der Waals surface area contributed by atoms with Crippen molar-refractivity contribution in [1.82, 2.24) is 15.2 Å². The van der Waals surface area contributed by atoms with Gasteiger partial charge in [0.2, 0.25) is 0 Å². The Morgan fingerprint density at radius 3 is 2.95 bits per heavy atom. The summed E-state index contributed by atoms with van der Waals surface area (Å²) in [5.41, 5.74) is 0.380. The summed E-state index contributed by atoms with van der Waals surface area (Å²) < 4.78 is 16.1. The number of hydrogen-bond donors (Lipinski definition) is 1. The fourth-order valence-electron chi connectivity index (χ4n) is 2.89. The van der Waals surface area contributed by atoms with Crippen molar-refractivity contribution in [2.75, 3.05) is 39.5 Å². The second-order valence-electron chi connectivity index (χ2n) is 5.31. The lowest BCUT2D eigenvalue weighted by atomic mass is 10.1. The fraction of sp³-hybridized carbons (Fsp3) is 0.714. The van der Waals surface area contributed by atoms with Gasteiger partial charge in [0.25, 0.3) is 5.91 Å². The molecule has 0 unspecified atom stereocenters. The fourth-order valence-corrected chi connectivity index (χ4v) is 2.89. The van der Waals surface area contributed by atoms with Crippen LogP contribution in [0.15, 0.2) is 10.8 Å². The molecule has 21 heavy (non-hydrogen) atoms. The Hall–Kier alpha value is -1.44. The van der Waals surface area contributed by atoms with E-state index in [1.54, 1.807) is 0 Å². The van der Waals surface area contributed by atoms with Crippen molar-refractivity contribution in [2.45, 2.75) is 25.4 Å². The van der Waals surface area contributed by atoms with Crippen molar-refractivity contribution in [2.24, 2.45) is 0 Å². The first kappa shape index (κ1) is 14.5. The summed E-state index contributed by atoms with van der Waals surface area (Å²) in [6.45, 7) is 6.35. The summed E-state index contributed by atoms with van der Waals surface area (Å²) in [6, 6.07) is 0.187. The van der Waals surface area contributed by atoms with Gasteiger partial charge in [-0.3, -0.25) is 9.69 Å². The Bertz CT molecular complexity index is 484. The van der Waals surface area contributed by atoms with Gasteiger partial charge in [-0.05, 0) is 0 Å². The van der Waals surface area contributed by atoms with Gasteiger partial charge < -0.3 is 19.2 Å². The summed E-state index contributed by atoms with van der Waals surface area (Å²) in [4.78, 5) is 18.7. The summed E-state index contributed by atoms with van der Waals surface area (Å²) in [7, 11) is 0. The number of nitrogens with zero attached hydrogens (tertiary/aromatic N) is 2. The van der Waals surface area contributed by atoms with Crippen molar-refractivity contribution in [3.8, 4) is 0 Å². The number of oxazole rings is 1. The van der Waals surface area contributed by atoms with Crippen LogP contribution in [0.5, 0.6) is 0 Å². The molecule has 1 amide bonds. The molecule has 2 fully saturated rings. The highest BCUT2D eigenvalue weighted by molar-refractivity contribution is 5.93. The Morgan fingerprint density at radius 2 is 2.19 bits per heavy atom. The van der Waals surface area contributed by atoms with Crippen molar-refractivity contribution in [3.63, 3.8) is 0 Å². The first-order chi connectivity index (χ1) is 10.3. The monoisotopic (exact) mass is 295 g/mol. The van der Waals surface area contributed by atoms with Crippen molar-refractivity contribution >= 4 is 5.91 Å². The lowest BCUT2D eigenvalue weighted by Crippen LogP contribution is -2.54. The lowest BCUT2D eigenvalue weighted by molar-refractivity contribution is 0.0108. The molecule has 0 spiro atoms. The van der Waals surface area contributed by atoms with Crippen LogP contribution < -0.4 is 5.32 Å². The van der Waals surface area contributed by atoms with Gasteiger partial charge >= 0.3 is 0 Å². The summed E-state index contributed by atoms with van der Waals surface area (Å²) in [6.07, 6.45) is 1.97. The van der Waals surface area contributed by atoms with Gasteiger partial charge in [0.05, 0.1) is 38.5 Å². The second kappa shape index (κ2) is 6.55. The molecule has 2 atom stereocenters. The van der Waals surface area contributed by atoms with E-state index in [9.17, 15) is 4.79 Å². The molecule has 2 aliphatic heterocycles. The molecule has 0 bridgehead atoms. The Labute approximate surface area is 123 Å². The van der Waals surface area contributed by atoms with Crippen LogP contribution in [0.2, 0.25) is 0 Å². The van der Waals surface area contributed by atoms with Crippen LogP contribution in [0.3, 0.4) is 0 Å². The Balaban J connectivity index is 1.64. The van der Waals surface area contributed by atoms with E-state index in [2.05, 4.69) is 15.2 Å². The molecule has 116 valence electrons. The van der Waals surface area contributed by atoms with Gasteiger partial charge in [0.1, 0.15) is 5.76 Å². The van der Waals surface area contributed by atoms with E-state index >= 15 is 0 Å². The van der Waals surface area contributed by atoms with Crippen molar-refractivity contribution < 1.29 is 18.7 Å². The van der Waals surface area contributed by atoms with Crippen LogP contribution in [0.4, 0.5) is 0 Å². The molecular weight excluding hydrogens is 274 g/mol. The number of amides is 1. The average Bonchev–Trinajstić information content (AvgIpc) is 3.16. The van der Waals surface area contributed by atoms with Crippen LogP contribution in [-0.2, 0) is 15.9 Å². The second-order valence-corrected chi connectivity index (χ2v) is 5.31. The predicted octanol–water partition coefficient (Wildman–Crippen LogP) is 0.0664. The number of morpholine rings is 1. The molecule has 1 aromatic rings. The molecule has 7 nitrogen and oxygen atoms in total. The van der Waals surface area contributed by atoms with Crippen LogP contribution in [0, 0.1) is 0 Å². The Kier molecular flexibility index (Phi) is 4.52. The first-order valence-corrected chi connectivity index (χ1v) is 7.42. The van der Waals surface area contributed by atoms with E-state index < -0.39 is 0 Å². The predicted molar refractivity (Wildman–Crippen MR) is 74.1 cm³/mol. The topological polar surface area (TPSA) is 76.8 Å². The highest BCUT2D eigenvalue weighted by Crippen LogP contribution is 2.16. The molecule has 0 saturated carbocycles. The molecule has 1 N–H and O–H groups in total. The van der Waals surface area contributed by atoms with E-state index in [0.717, 1.165) is 26.3 Å². The van der Waals surface area contributed by atoms with Gasteiger partial charge in [0, 0.05) is 19.5 Å². The zero-order chi connectivity index (χ0) is 14.7. The van der Waals surface area contributed by atoms with Gasteiger partial charge in [0.15, 0.2) is 12.1 Å². The number of rotatable bonds is 4. The number of aryl methyl sites for hydroxylation is 1. The zero-order valence-electron chi connectivity index (χ0n) is 12.2. The molecule has 7 heteroatoms. The third-order valence-corrected chi connectivity index (χ3v) is 4.06. The normalized spacial score (nSPS) is 26.9. The molecule has 3 rings (SSSR count). The minimum atomic E-state index is -0.186. The minimum absolute atomic E-state index is 0.0167. The van der Waals surface area contributed by atoms with E-state index in [-0.39, 0.29) is 18.0 Å². The molecule has 0 aromatic carbocycles. The molecule has 2 aliphatic rings. The molecule has 2 saturated heterocycles. The maximum Gasteiger partial charge on any atom is 0.273 e. The van der Waals surface area contributed by atoms with Crippen LogP contribution in [-0.4, -0.2) is 67.4 Å². The van der Waals surface area contributed by atoms with Crippen molar-refractivity contribution in [3.05, 3.63) is 17.8 Å². The molecule has 1 aromatic heterocycles. The van der Waals surface area contributed by atoms with Gasteiger partial charge in [-0.2, -0.15) is 0 Å². The zero-order valence-corrected chi connectivity index (χ0v) is 12.2. The van der Waals surface area contributed by atoms with Crippen LogP contribution in [0.1, 0.15) is 23.2 Å². The van der Waals surface area contributed by atoms with E-state index in [4.69, 9.17) is 13.9 Å². The molecule has 3 heterocycles. The standard InChI is InChI=1S/C14H21N3O4/c1-2-12-13(15-9-21-12)14(18)16-10-7-20-8-11(10)17-3-5-19-6-4-17/h9-11H,2-8H2,1H3,(H,16,18)/t10-,11-/m0/s1. The smallest absolute Gasteiger partial charge is 0.273 e. The molecular formula is C14H21N3O4. The molecule has 0 aliphatic carbocycles. The summed E-state index contributed by atoms with van der Waals surface area (Å²) in [5.74, 6) is 0.434. The largest absolute Gasteiger partial charge is 0.448 e. The molecule has 0 radical (unpaired) electrons. The maximum absolute atomic E-state index is 12.3. The van der Waals surface area contributed by atoms with E-state index in [0.29, 0.717) is 31.1 Å². The SMILES string of the molecule is CCc1ocnc1C(=O)N[C@H]1COC[C@@H]1N1CCOCC1. The maximum atomic E-state index is 12.3. The highest BCUT2D eigenvalue weighted by Gasteiger charge is 2.35. The van der Waals surface area contributed by atoms with E-state index in [1.807, 2.05) is 6.92 Å². The third-order valence-electron chi connectivity index (χ3n) is 4.06. The quantitative estimate of drug-likeness (QED) is 0.847. The van der Waals surface area contributed by atoms with E-state index in [1.165, 1.54) is 6.39 Å². The van der Waals surface area contributed by atoms with Crippen LogP contribution >= 0.6 is 0 Å². The number of hydrogen-bond acceptors (Lipinski definition) is 6. The van der Waals surface area contributed by atoms with Crippen LogP contribution in [0.25, 0.3) is 0 Å². The number of nitrogens with one attached hydrogen (secondary N) is 1. The van der Waals surface area contributed by atoms with Crippen molar-refractivity contribution in [1.29, 1.82) is 0 Å². The summed E-state index contributed by atoms with van der Waals surface area (Å²) in [5, 5.41) is 3.03. The van der Waals surface area contributed by atoms with Gasteiger partial charge in [-0.15, -0.1) is 0 Å². The Morgan fingerprint density at radius 1 is 1.38 bits per heavy atom. The number of aromatic nitrogens is 1. The third kappa shape index (κ3) is 3.09. The first-order valence-electron chi connectivity index (χ1n) is 7.42. The average molecular weight is 295 g/mol. The van der Waals surface area contributed by atoms with Gasteiger partial charge in [-0.1, -0.05) is 6.92 Å². The number of ether oxygens (including phenoxy) is 2. The lowest BCUT2D eigenvalue weighted by Gasteiger charge is -2.34. The minimum Gasteiger partial charge on any atom is -0.448 e. The highest BCUT2D eigenvalue weighted by atomic mass is 16.5.